The average Bonchev–Trinajstić information content (AvgIpc) is 3.32. The number of hydrogen-bond donors (Lipinski definition) is 1. The maximum atomic E-state index is 12.4. The maximum absolute atomic E-state index is 12.4. The summed E-state index contributed by atoms with van der Waals surface area (Å²) in [6.07, 6.45) is 1.41. The Bertz CT molecular complexity index is 1370. The highest BCUT2D eigenvalue weighted by Gasteiger charge is 2.20. The van der Waals surface area contributed by atoms with E-state index in [1.54, 1.807) is 24.3 Å². The van der Waals surface area contributed by atoms with Crippen molar-refractivity contribution in [1.29, 1.82) is 5.26 Å². The first-order chi connectivity index (χ1) is 16.7. The Morgan fingerprint density at radius 1 is 1.14 bits per heavy atom. The molecule has 0 saturated carbocycles. The van der Waals surface area contributed by atoms with Crippen LogP contribution in [0, 0.1) is 25.2 Å². The van der Waals surface area contributed by atoms with Gasteiger partial charge in [-0.1, -0.05) is 31.2 Å². The third kappa shape index (κ3) is 7.11. The Morgan fingerprint density at radius 2 is 1.86 bits per heavy atom. The molecule has 0 saturated heterocycles. The van der Waals surface area contributed by atoms with Crippen LogP contribution in [-0.2, 0) is 14.6 Å². The smallest absolute Gasteiger partial charge is 0.268 e. The van der Waals surface area contributed by atoms with E-state index in [4.69, 9.17) is 9.47 Å². The lowest BCUT2D eigenvalue weighted by Crippen LogP contribution is -2.13. The number of nitriles is 1. The summed E-state index contributed by atoms with van der Waals surface area (Å²) in [4.78, 5) is 16.2. The van der Waals surface area contributed by atoms with Crippen LogP contribution in [0.25, 0.3) is 6.08 Å². The number of aryl methyl sites for hydroxylation is 2. The summed E-state index contributed by atoms with van der Waals surface area (Å²) in [7, 11) is -3.58. The van der Waals surface area contributed by atoms with E-state index in [0.29, 0.717) is 24.5 Å². The van der Waals surface area contributed by atoms with Crippen molar-refractivity contribution >= 4 is 38.5 Å². The summed E-state index contributed by atoms with van der Waals surface area (Å²) in [6.45, 7) is 6.21. The van der Waals surface area contributed by atoms with Gasteiger partial charge in [0.25, 0.3) is 11.1 Å². The molecule has 182 valence electrons. The Kier molecular flexibility index (Phi) is 8.57. The third-order valence-corrected chi connectivity index (χ3v) is 7.04. The van der Waals surface area contributed by atoms with Crippen molar-refractivity contribution in [3.8, 4) is 17.6 Å². The molecule has 0 bridgehead atoms. The molecule has 1 N–H and O–H groups in total. The first kappa shape index (κ1) is 25.9. The third-order valence-electron chi connectivity index (χ3n) is 4.80. The van der Waals surface area contributed by atoms with Crippen molar-refractivity contribution in [2.75, 3.05) is 24.3 Å². The molecule has 11 heteroatoms. The molecule has 0 atom stereocenters. The Labute approximate surface area is 208 Å². The Hall–Kier alpha value is -3.75. The van der Waals surface area contributed by atoms with Crippen molar-refractivity contribution in [1.82, 2.24) is 9.36 Å². The molecule has 2 aromatic carbocycles. The number of amides is 1. The van der Waals surface area contributed by atoms with E-state index in [0.717, 1.165) is 28.4 Å². The van der Waals surface area contributed by atoms with Gasteiger partial charge in [0.05, 0.1) is 5.75 Å². The number of nitrogens with one attached hydrogen (secondary N) is 1. The van der Waals surface area contributed by atoms with Crippen molar-refractivity contribution in [2.45, 2.75) is 25.9 Å². The molecule has 0 radical (unpaired) electrons. The van der Waals surface area contributed by atoms with Gasteiger partial charge in [0, 0.05) is 11.5 Å². The first-order valence-corrected chi connectivity index (χ1v) is 13.1. The van der Waals surface area contributed by atoms with E-state index in [1.807, 2.05) is 38.1 Å². The zero-order valence-electron chi connectivity index (χ0n) is 19.4. The van der Waals surface area contributed by atoms with Crippen LogP contribution in [0.15, 0.2) is 53.2 Å². The van der Waals surface area contributed by atoms with Crippen LogP contribution in [0.1, 0.15) is 23.6 Å². The zero-order chi connectivity index (χ0) is 25.4. The number of benzene rings is 2. The molecular formula is C24H24N4O5S2. The number of rotatable bonds is 10. The van der Waals surface area contributed by atoms with Crippen molar-refractivity contribution in [3.63, 3.8) is 0 Å². The normalized spacial score (nSPS) is 11.5. The second-order valence-electron chi connectivity index (χ2n) is 7.44. The van der Waals surface area contributed by atoms with Crippen LogP contribution in [0.4, 0.5) is 5.13 Å². The first-order valence-electron chi connectivity index (χ1n) is 10.6. The van der Waals surface area contributed by atoms with E-state index >= 15 is 0 Å². The predicted molar refractivity (Wildman–Crippen MR) is 133 cm³/mol. The molecule has 3 aromatic rings. The fourth-order valence-electron chi connectivity index (χ4n) is 2.83. The standard InChI is InChI=1S/C24H24N4O5S2/c1-4-35(30,31)24-27-23(34-28-24)26-22(29)19(15-25)14-18-7-9-20(10-8-18)32-11-12-33-21-13-16(2)5-6-17(21)3/h5-10,13-14H,4,11-12H2,1-3H3,(H,26,27,28,29)/b19-14-. The quantitative estimate of drug-likeness (QED) is 0.245. The van der Waals surface area contributed by atoms with Crippen LogP contribution in [-0.4, -0.2) is 42.6 Å². The molecule has 0 aliphatic rings. The van der Waals surface area contributed by atoms with Gasteiger partial charge in [0.2, 0.25) is 15.0 Å². The molecule has 1 heterocycles. The molecule has 3 rings (SSSR count). The summed E-state index contributed by atoms with van der Waals surface area (Å²) in [5.41, 5.74) is 2.62. The van der Waals surface area contributed by atoms with E-state index < -0.39 is 15.7 Å². The van der Waals surface area contributed by atoms with Crippen molar-refractivity contribution < 1.29 is 22.7 Å². The molecule has 0 fully saturated rings. The number of sulfone groups is 1. The van der Waals surface area contributed by atoms with Crippen LogP contribution in [0.5, 0.6) is 11.5 Å². The minimum atomic E-state index is -3.58. The molecule has 1 amide bonds. The van der Waals surface area contributed by atoms with Gasteiger partial charge in [-0.3, -0.25) is 10.1 Å². The highest BCUT2D eigenvalue weighted by molar-refractivity contribution is 7.91. The molecule has 9 nitrogen and oxygen atoms in total. The number of carbonyl (C=O) groups is 1. The van der Waals surface area contributed by atoms with Gasteiger partial charge < -0.3 is 9.47 Å². The molecule has 0 spiro atoms. The minimum absolute atomic E-state index is 0.00463. The fourth-order valence-corrected chi connectivity index (χ4v) is 4.41. The fraction of sp³-hybridized carbons (Fsp3) is 0.250. The predicted octanol–water partition coefficient (Wildman–Crippen LogP) is 3.95. The highest BCUT2D eigenvalue weighted by Crippen LogP contribution is 2.20. The number of aromatic nitrogens is 2. The van der Waals surface area contributed by atoms with Crippen LogP contribution >= 0.6 is 11.5 Å². The van der Waals surface area contributed by atoms with Crippen molar-refractivity contribution in [3.05, 3.63) is 64.7 Å². The number of carbonyl (C=O) groups excluding carboxylic acids is 1. The minimum Gasteiger partial charge on any atom is -0.490 e. The summed E-state index contributed by atoms with van der Waals surface area (Å²) >= 11 is 0.730. The highest BCUT2D eigenvalue weighted by atomic mass is 32.2. The Morgan fingerprint density at radius 3 is 2.54 bits per heavy atom. The van der Waals surface area contributed by atoms with Gasteiger partial charge >= 0.3 is 0 Å². The Balaban J connectivity index is 1.56. The SMILES string of the molecule is CCS(=O)(=O)c1nsc(NC(=O)/C(C#N)=C\c2ccc(OCCOc3cc(C)ccc3C)cc2)n1. The van der Waals surface area contributed by atoms with Crippen LogP contribution < -0.4 is 14.8 Å². The molecular weight excluding hydrogens is 488 g/mol. The van der Waals surface area contributed by atoms with Gasteiger partial charge in [-0.2, -0.15) is 14.6 Å². The summed E-state index contributed by atoms with van der Waals surface area (Å²) in [6, 6.07) is 14.7. The van der Waals surface area contributed by atoms with Crippen LogP contribution in [0.3, 0.4) is 0 Å². The number of ether oxygens (including phenoxy) is 2. The average molecular weight is 513 g/mol. The second kappa shape index (κ2) is 11.6. The van der Waals surface area contributed by atoms with Gasteiger partial charge in [0.1, 0.15) is 36.4 Å². The lowest BCUT2D eigenvalue weighted by Gasteiger charge is -2.11. The number of nitrogens with zero attached hydrogens (tertiary/aromatic N) is 3. The van der Waals surface area contributed by atoms with Crippen molar-refractivity contribution in [2.24, 2.45) is 0 Å². The number of hydrogen-bond acceptors (Lipinski definition) is 9. The van der Waals surface area contributed by atoms with Gasteiger partial charge in [-0.05, 0) is 54.8 Å². The molecule has 1 aromatic heterocycles. The summed E-state index contributed by atoms with van der Waals surface area (Å²) < 4.78 is 38.9. The van der Waals surface area contributed by atoms with Crippen LogP contribution in [0.2, 0.25) is 0 Å². The molecule has 0 aliphatic heterocycles. The lowest BCUT2D eigenvalue weighted by molar-refractivity contribution is -0.112. The number of anilines is 1. The molecule has 0 aliphatic carbocycles. The summed E-state index contributed by atoms with van der Waals surface area (Å²) in [5.74, 6) is 0.578. The topological polar surface area (TPSA) is 131 Å². The largest absolute Gasteiger partial charge is 0.490 e. The van der Waals surface area contributed by atoms with Gasteiger partial charge in [0.15, 0.2) is 0 Å². The lowest BCUT2D eigenvalue weighted by atomic mass is 10.1. The van der Waals surface area contributed by atoms with E-state index in [1.165, 1.54) is 13.0 Å². The second-order valence-corrected chi connectivity index (χ2v) is 10.4. The molecule has 35 heavy (non-hydrogen) atoms. The van der Waals surface area contributed by atoms with E-state index in [9.17, 15) is 18.5 Å². The monoisotopic (exact) mass is 512 g/mol. The van der Waals surface area contributed by atoms with E-state index in [-0.39, 0.29) is 21.6 Å². The van der Waals surface area contributed by atoms with Gasteiger partial charge in [-0.15, -0.1) is 0 Å². The van der Waals surface area contributed by atoms with Gasteiger partial charge in [-0.25, -0.2) is 8.42 Å². The van der Waals surface area contributed by atoms with E-state index in [2.05, 4.69) is 14.7 Å². The maximum Gasteiger partial charge on any atom is 0.268 e. The molecule has 0 unspecified atom stereocenters. The summed E-state index contributed by atoms with van der Waals surface area (Å²) in [5, 5.41) is 11.4. The zero-order valence-corrected chi connectivity index (χ0v) is 21.1.